The van der Waals surface area contributed by atoms with E-state index in [0.29, 0.717) is 29.4 Å². The number of morpholine rings is 1. The third kappa shape index (κ3) is 3.28. The Morgan fingerprint density at radius 2 is 2.10 bits per heavy atom. The maximum Gasteiger partial charge on any atom is 0.255 e. The van der Waals surface area contributed by atoms with Crippen LogP contribution in [0, 0.1) is 0 Å². The zero-order valence-electron chi connectivity index (χ0n) is 11.8. The number of anilines is 1. The smallest absolute Gasteiger partial charge is 0.255 e. The Hall–Kier alpha value is -0.970. The molecule has 1 aliphatic carbocycles. The van der Waals surface area contributed by atoms with Gasteiger partial charge in [-0.2, -0.15) is 0 Å². The van der Waals surface area contributed by atoms with Crippen LogP contribution < -0.4 is 5.73 Å². The number of carbonyl (C=O) groups is 1. The van der Waals surface area contributed by atoms with E-state index in [1.807, 2.05) is 4.90 Å². The molecule has 1 aromatic carbocycles. The predicted molar refractivity (Wildman–Crippen MR) is 86.1 cm³/mol. The van der Waals surface area contributed by atoms with E-state index in [1.165, 1.54) is 6.42 Å². The molecule has 1 heterocycles. The van der Waals surface area contributed by atoms with Gasteiger partial charge in [0.25, 0.3) is 5.91 Å². The predicted octanol–water partition coefficient (Wildman–Crippen LogP) is 3.13. The molecule has 0 bridgehead atoms. The van der Waals surface area contributed by atoms with Crippen molar-refractivity contribution in [2.75, 3.05) is 18.9 Å². The van der Waals surface area contributed by atoms with Crippen molar-refractivity contribution < 1.29 is 9.53 Å². The number of nitrogen functional groups attached to an aromatic ring is 1. The first-order valence-electron chi connectivity index (χ1n) is 7.14. The van der Waals surface area contributed by atoms with Gasteiger partial charge in [-0.3, -0.25) is 4.79 Å². The van der Waals surface area contributed by atoms with Crippen molar-refractivity contribution in [2.45, 2.75) is 37.8 Å². The monoisotopic (exact) mass is 330 g/mol. The summed E-state index contributed by atoms with van der Waals surface area (Å²) in [4.78, 5) is 14.7. The Balaban J connectivity index is 0.00000161. The molecule has 4 nitrogen and oxygen atoms in total. The van der Waals surface area contributed by atoms with Gasteiger partial charge in [-0.15, -0.1) is 12.4 Å². The van der Waals surface area contributed by atoms with E-state index in [0.717, 1.165) is 19.3 Å². The summed E-state index contributed by atoms with van der Waals surface area (Å²) in [6.45, 7) is 1.25. The van der Waals surface area contributed by atoms with Gasteiger partial charge >= 0.3 is 0 Å². The first-order valence-corrected chi connectivity index (χ1v) is 7.52. The Kier molecular flexibility index (Phi) is 5.36. The van der Waals surface area contributed by atoms with Crippen molar-refractivity contribution in [3.8, 4) is 0 Å². The summed E-state index contributed by atoms with van der Waals surface area (Å²) < 4.78 is 5.80. The van der Waals surface area contributed by atoms with E-state index >= 15 is 0 Å². The average Bonchev–Trinajstić information content (AvgIpc) is 2.46. The summed E-state index contributed by atoms with van der Waals surface area (Å²) in [5, 5.41) is 0.425. The Labute approximate surface area is 136 Å². The molecule has 0 spiro atoms. The second-order valence-electron chi connectivity index (χ2n) is 5.50. The molecule has 2 fully saturated rings. The van der Waals surface area contributed by atoms with Gasteiger partial charge in [0.2, 0.25) is 0 Å². The maximum atomic E-state index is 12.7. The number of nitrogens with zero attached hydrogens (tertiary/aromatic N) is 1. The van der Waals surface area contributed by atoms with E-state index in [1.54, 1.807) is 18.2 Å². The summed E-state index contributed by atoms with van der Waals surface area (Å²) in [7, 11) is 0. The van der Waals surface area contributed by atoms with Crippen molar-refractivity contribution in [3.05, 3.63) is 28.8 Å². The Morgan fingerprint density at radius 3 is 2.86 bits per heavy atom. The first kappa shape index (κ1) is 16.4. The minimum absolute atomic E-state index is 0. The highest BCUT2D eigenvalue weighted by Gasteiger charge is 2.37. The zero-order valence-corrected chi connectivity index (χ0v) is 13.3. The molecular weight excluding hydrogens is 311 g/mol. The average molecular weight is 331 g/mol. The molecule has 21 heavy (non-hydrogen) atoms. The molecule has 1 saturated heterocycles. The number of ether oxygens (including phenoxy) is 1. The molecule has 3 rings (SSSR count). The van der Waals surface area contributed by atoms with Gasteiger partial charge in [0.1, 0.15) is 0 Å². The molecule has 6 heteroatoms. The fourth-order valence-corrected chi connectivity index (χ4v) is 3.48. The van der Waals surface area contributed by atoms with Crippen molar-refractivity contribution in [3.63, 3.8) is 0 Å². The second-order valence-corrected chi connectivity index (χ2v) is 5.91. The lowest BCUT2D eigenvalue weighted by Gasteiger charge is -2.43. The van der Waals surface area contributed by atoms with Crippen LogP contribution in [0.3, 0.4) is 0 Å². The quantitative estimate of drug-likeness (QED) is 0.805. The second kappa shape index (κ2) is 6.86. The molecule has 1 aliphatic heterocycles. The van der Waals surface area contributed by atoms with E-state index in [9.17, 15) is 4.79 Å². The number of carbonyl (C=O) groups excluding carboxylic acids is 1. The lowest BCUT2D eigenvalue weighted by atomic mass is 9.89. The number of amides is 1. The van der Waals surface area contributed by atoms with Crippen LogP contribution in [-0.2, 0) is 4.74 Å². The van der Waals surface area contributed by atoms with Crippen LogP contribution in [0.25, 0.3) is 0 Å². The van der Waals surface area contributed by atoms with Gasteiger partial charge in [0.15, 0.2) is 0 Å². The van der Waals surface area contributed by atoms with Gasteiger partial charge in [-0.25, -0.2) is 0 Å². The summed E-state index contributed by atoms with van der Waals surface area (Å²) in [6.07, 6.45) is 4.59. The lowest BCUT2D eigenvalue weighted by Crippen LogP contribution is -2.54. The fourth-order valence-electron chi connectivity index (χ4n) is 3.21. The van der Waals surface area contributed by atoms with Crippen molar-refractivity contribution in [2.24, 2.45) is 0 Å². The molecule has 1 saturated carbocycles. The Bertz CT molecular complexity index is 522. The third-order valence-electron chi connectivity index (χ3n) is 4.22. The minimum Gasteiger partial charge on any atom is -0.399 e. The van der Waals surface area contributed by atoms with Crippen LogP contribution in [0.2, 0.25) is 5.02 Å². The van der Waals surface area contributed by atoms with Crippen LogP contribution in [0.1, 0.15) is 36.0 Å². The van der Waals surface area contributed by atoms with Gasteiger partial charge in [0, 0.05) is 12.2 Å². The summed E-state index contributed by atoms with van der Waals surface area (Å²) in [5.41, 5.74) is 6.79. The summed E-state index contributed by atoms with van der Waals surface area (Å²) in [5.74, 6) is -0.00444. The number of hydrogen-bond donors (Lipinski definition) is 1. The molecule has 1 aromatic rings. The molecule has 2 unspecified atom stereocenters. The summed E-state index contributed by atoms with van der Waals surface area (Å²) >= 11 is 6.16. The number of fused-ring (bicyclic) bond motifs is 1. The fraction of sp³-hybridized carbons (Fsp3) is 0.533. The van der Waals surface area contributed by atoms with E-state index in [-0.39, 0.29) is 30.5 Å². The van der Waals surface area contributed by atoms with Crippen LogP contribution >= 0.6 is 24.0 Å². The standard InChI is InChI=1S/C15H19ClN2O2.ClH/c16-12-9-10(17)5-6-11(12)15(19)18-7-8-20-14-4-2-1-3-13(14)18;/h5-6,9,13-14H,1-4,7-8,17H2;1H. The van der Waals surface area contributed by atoms with E-state index in [4.69, 9.17) is 22.1 Å². The molecular formula is C15H20Cl2N2O2. The van der Waals surface area contributed by atoms with E-state index < -0.39 is 0 Å². The number of halogens is 2. The van der Waals surface area contributed by atoms with Crippen molar-refractivity contribution in [1.82, 2.24) is 4.90 Å². The number of nitrogens with two attached hydrogens (primary N) is 1. The summed E-state index contributed by atoms with van der Waals surface area (Å²) in [6, 6.07) is 5.26. The first-order chi connectivity index (χ1) is 9.66. The normalized spacial score (nSPS) is 24.9. The van der Waals surface area contributed by atoms with E-state index in [2.05, 4.69) is 0 Å². The van der Waals surface area contributed by atoms with Gasteiger partial charge in [-0.1, -0.05) is 24.4 Å². The van der Waals surface area contributed by atoms with Crippen molar-refractivity contribution >= 4 is 35.6 Å². The topological polar surface area (TPSA) is 55.6 Å². The number of rotatable bonds is 1. The Morgan fingerprint density at radius 1 is 1.33 bits per heavy atom. The van der Waals surface area contributed by atoms with Crippen LogP contribution in [0.15, 0.2) is 18.2 Å². The van der Waals surface area contributed by atoms with Crippen LogP contribution in [-0.4, -0.2) is 36.1 Å². The maximum absolute atomic E-state index is 12.7. The molecule has 2 N–H and O–H groups in total. The molecule has 0 aromatic heterocycles. The highest BCUT2D eigenvalue weighted by molar-refractivity contribution is 6.34. The SMILES string of the molecule is Cl.Nc1ccc(C(=O)N2CCOC3CCCCC32)c(Cl)c1. The molecule has 0 radical (unpaired) electrons. The lowest BCUT2D eigenvalue weighted by molar-refractivity contribution is -0.0752. The largest absolute Gasteiger partial charge is 0.399 e. The number of hydrogen-bond acceptors (Lipinski definition) is 3. The van der Waals surface area contributed by atoms with Gasteiger partial charge in [0.05, 0.1) is 29.3 Å². The van der Waals surface area contributed by atoms with Crippen LogP contribution in [0.5, 0.6) is 0 Å². The van der Waals surface area contributed by atoms with Crippen LogP contribution in [0.4, 0.5) is 5.69 Å². The number of benzene rings is 1. The zero-order chi connectivity index (χ0) is 14.1. The highest BCUT2D eigenvalue weighted by atomic mass is 35.5. The van der Waals surface area contributed by atoms with Gasteiger partial charge in [-0.05, 0) is 31.0 Å². The van der Waals surface area contributed by atoms with Gasteiger partial charge < -0.3 is 15.4 Å². The third-order valence-corrected chi connectivity index (χ3v) is 4.53. The molecule has 116 valence electrons. The minimum atomic E-state index is -0.00444. The molecule has 2 atom stereocenters. The van der Waals surface area contributed by atoms with Crippen molar-refractivity contribution in [1.29, 1.82) is 0 Å². The molecule has 2 aliphatic rings. The molecule has 1 amide bonds. The highest BCUT2D eigenvalue weighted by Crippen LogP contribution is 2.30.